The fourth-order valence-corrected chi connectivity index (χ4v) is 11.0. The van der Waals surface area contributed by atoms with E-state index in [1.807, 2.05) is 46.8 Å². The number of hydrogen-bond acceptors (Lipinski definition) is 6. The van der Waals surface area contributed by atoms with Crippen LogP contribution in [-0.2, 0) is 18.6 Å². The Hall–Kier alpha value is -2.23. The monoisotopic (exact) mass is 583 g/mol. The van der Waals surface area contributed by atoms with Gasteiger partial charge in [0.1, 0.15) is 11.1 Å². The molecule has 2 saturated heterocycles. The molecule has 2 aromatic carbocycles. The van der Waals surface area contributed by atoms with Crippen LogP contribution in [-0.4, -0.2) is 73.3 Å². The van der Waals surface area contributed by atoms with Crippen molar-refractivity contribution in [2.45, 2.75) is 96.3 Å². The van der Waals surface area contributed by atoms with Gasteiger partial charge in [0.15, 0.2) is 5.79 Å². The molecule has 1 amide bonds. The van der Waals surface area contributed by atoms with Crippen LogP contribution in [0.3, 0.4) is 0 Å². The van der Waals surface area contributed by atoms with Gasteiger partial charge in [-0.3, -0.25) is 4.90 Å². The maximum atomic E-state index is 13.5. The zero-order valence-corrected chi connectivity index (χ0v) is 27.3. The first kappa shape index (κ1) is 31.7. The van der Waals surface area contributed by atoms with Crippen molar-refractivity contribution in [3.63, 3.8) is 0 Å². The smallest absolute Gasteiger partial charge is 0.411 e. The van der Waals surface area contributed by atoms with Crippen LogP contribution in [0.1, 0.15) is 68.7 Å². The maximum absolute atomic E-state index is 13.5. The molecule has 2 aromatic rings. The normalized spacial score (nSPS) is 24.4. The van der Waals surface area contributed by atoms with Crippen molar-refractivity contribution in [2.24, 2.45) is 5.92 Å². The minimum Gasteiger partial charge on any atom is -0.444 e. The first-order chi connectivity index (χ1) is 19.0. The Morgan fingerprint density at radius 2 is 1.41 bits per heavy atom. The highest BCUT2D eigenvalue weighted by atomic mass is 28.4. The van der Waals surface area contributed by atoms with Crippen molar-refractivity contribution in [2.75, 3.05) is 26.4 Å². The number of benzene rings is 2. The average Bonchev–Trinajstić information content (AvgIpc) is 3.09. The van der Waals surface area contributed by atoms with Crippen molar-refractivity contribution in [3.05, 3.63) is 60.7 Å². The molecule has 2 aliphatic rings. The van der Waals surface area contributed by atoms with Gasteiger partial charge in [0.25, 0.3) is 8.32 Å². The fourth-order valence-electron chi connectivity index (χ4n) is 6.40. The van der Waals surface area contributed by atoms with Crippen LogP contribution in [0.25, 0.3) is 0 Å². The molecule has 226 valence electrons. The molecule has 2 atom stereocenters. The molecule has 2 heterocycles. The van der Waals surface area contributed by atoms with Gasteiger partial charge < -0.3 is 23.7 Å². The number of amides is 1. The molecule has 8 heteroatoms. The van der Waals surface area contributed by atoms with Crippen molar-refractivity contribution < 1.29 is 28.5 Å². The van der Waals surface area contributed by atoms with E-state index in [1.54, 1.807) is 11.8 Å². The van der Waals surface area contributed by atoms with Crippen LogP contribution in [0.15, 0.2) is 60.7 Å². The Kier molecular flexibility index (Phi) is 8.59. The molecule has 0 aromatic heterocycles. The third-order valence-corrected chi connectivity index (χ3v) is 13.8. The summed E-state index contributed by atoms with van der Waals surface area (Å²) < 4.78 is 25.1. The van der Waals surface area contributed by atoms with E-state index in [-0.39, 0.29) is 24.2 Å². The van der Waals surface area contributed by atoms with Crippen LogP contribution in [0.4, 0.5) is 4.79 Å². The third-order valence-electron chi connectivity index (χ3n) is 8.79. The Labute approximate surface area is 247 Å². The molecule has 41 heavy (non-hydrogen) atoms. The van der Waals surface area contributed by atoms with E-state index < -0.39 is 36.9 Å². The molecule has 1 spiro atoms. The van der Waals surface area contributed by atoms with E-state index in [2.05, 4.69) is 69.3 Å². The Morgan fingerprint density at radius 1 is 0.927 bits per heavy atom. The lowest BCUT2D eigenvalue weighted by Crippen LogP contribution is -2.69. The zero-order chi connectivity index (χ0) is 30.3. The van der Waals surface area contributed by atoms with Gasteiger partial charge in [0.05, 0.1) is 18.8 Å². The molecule has 0 saturated carbocycles. The van der Waals surface area contributed by atoms with Crippen molar-refractivity contribution in [3.8, 4) is 0 Å². The molecule has 0 unspecified atom stereocenters. The van der Waals surface area contributed by atoms with E-state index >= 15 is 0 Å². The van der Waals surface area contributed by atoms with Crippen molar-refractivity contribution >= 4 is 24.8 Å². The number of nitrogens with zero attached hydrogens (tertiary/aromatic N) is 1. The lowest BCUT2D eigenvalue weighted by atomic mass is 9.75. The number of hydrogen-bond donors (Lipinski definition) is 1. The van der Waals surface area contributed by atoms with Crippen LogP contribution >= 0.6 is 0 Å². The minimum atomic E-state index is -2.74. The van der Waals surface area contributed by atoms with Gasteiger partial charge >= 0.3 is 6.09 Å². The van der Waals surface area contributed by atoms with Gasteiger partial charge in [-0.15, -0.1) is 0 Å². The fraction of sp³-hybridized carbons (Fsp3) is 0.606. The molecular weight excluding hydrogens is 534 g/mol. The minimum absolute atomic E-state index is 0.151. The number of carbonyl (C=O) groups is 1. The summed E-state index contributed by atoms with van der Waals surface area (Å²) in [6.07, 6.45) is 0.0853. The number of likely N-dealkylation sites (tertiary alicyclic amines) is 1. The lowest BCUT2D eigenvalue weighted by molar-refractivity contribution is -0.301. The number of ether oxygens (including phenoxy) is 3. The quantitative estimate of drug-likeness (QED) is 0.478. The van der Waals surface area contributed by atoms with Crippen LogP contribution in [0, 0.1) is 5.92 Å². The molecule has 0 aliphatic carbocycles. The van der Waals surface area contributed by atoms with Crippen LogP contribution in [0.5, 0.6) is 0 Å². The summed E-state index contributed by atoms with van der Waals surface area (Å²) in [7, 11) is -2.74. The summed E-state index contributed by atoms with van der Waals surface area (Å²) in [4.78, 5) is 15.2. The summed E-state index contributed by atoms with van der Waals surface area (Å²) in [5, 5.41) is 14.4. The first-order valence-corrected chi connectivity index (χ1v) is 16.6. The van der Waals surface area contributed by atoms with E-state index in [0.717, 1.165) is 0 Å². The lowest BCUT2D eigenvalue weighted by Gasteiger charge is -2.51. The SMILES string of the molecule is CC(C)(C)OC(=O)N1C[C@@H](CCO[Si](c2ccccc2)(c2ccccc2)C(C)(C)C)[C@](C)(O)C12COC(C)(C)OC2. The van der Waals surface area contributed by atoms with Gasteiger partial charge in [-0.1, -0.05) is 81.4 Å². The van der Waals surface area contributed by atoms with E-state index in [9.17, 15) is 9.90 Å². The molecule has 4 rings (SSSR count). The molecule has 0 radical (unpaired) electrons. The summed E-state index contributed by atoms with van der Waals surface area (Å²) in [5.74, 6) is -1.08. The third kappa shape index (κ3) is 6.00. The van der Waals surface area contributed by atoms with Crippen molar-refractivity contribution in [1.82, 2.24) is 4.90 Å². The largest absolute Gasteiger partial charge is 0.444 e. The highest BCUT2D eigenvalue weighted by Crippen LogP contribution is 2.48. The summed E-state index contributed by atoms with van der Waals surface area (Å²) in [5.41, 5.74) is -3.05. The van der Waals surface area contributed by atoms with E-state index in [4.69, 9.17) is 18.6 Å². The maximum Gasteiger partial charge on any atom is 0.411 e. The molecule has 0 bridgehead atoms. The first-order valence-electron chi connectivity index (χ1n) is 14.7. The molecule has 2 fully saturated rings. The highest BCUT2D eigenvalue weighted by molar-refractivity contribution is 6.99. The van der Waals surface area contributed by atoms with E-state index in [1.165, 1.54) is 10.4 Å². The van der Waals surface area contributed by atoms with Crippen LogP contribution < -0.4 is 10.4 Å². The molecule has 2 aliphatic heterocycles. The van der Waals surface area contributed by atoms with E-state index in [0.29, 0.717) is 19.6 Å². The van der Waals surface area contributed by atoms with Gasteiger partial charge in [-0.05, 0) is 63.4 Å². The van der Waals surface area contributed by atoms with Crippen molar-refractivity contribution in [1.29, 1.82) is 0 Å². The second-order valence-corrected chi connectivity index (χ2v) is 18.6. The van der Waals surface area contributed by atoms with Crippen LogP contribution in [0.2, 0.25) is 5.04 Å². The number of aliphatic hydroxyl groups is 1. The Bertz CT molecular complexity index is 1140. The molecule has 1 N–H and O–H groups in total. The predicted molar refractivity (Wildman–Crippen MR) is 164 cm³/mol. The van der Waals surface area contributed by atoms with Gasteiger partial charge in [-0.2, -0.15) is 0 Å². The predicted octanol–water partition coefficient (Wildman–Crippen LogP) is 5.09. The average molecular weight is 584 g/mol. The summed E-state index contributed by atoms with van der Waals surface area (Å²) in [6, 6.07) is 21.1. The summed E-state index contributed by atoms with van der Waals surface area (Å²) in [6.45, 7) is 18.8. The molecular formula is C33H49NO6Si. The van der Waals surface area contributed by atoms with Gasteiger partial charge in [0.2, 0.25) is 0 Å². The second kappa shape index (κ2) is 11.1. The number of carbonyl (C=O) groups excluding carboxylic acids is 1. The molecule has 7 nitrogen and oxygen atoms in total. The highest BCUT2D eigenvalue weighted by Gasteiger charge is 2.65. The van der Waals surface area contributed by atoms with Gasteiger partial charge in [0, 0.05) is 19.1 Å². The topological polar surface area (TPSA) is 77.5 Å². The Balaban J connectivity index is 1.65. The zero-order valence-electron chi connectivity index (χ0n) is 26.3. The standard InChI is InChI=1S/C33H49NO6Si/c1-29(2,3)40-28(35)34-22-25(32(9,36)33(34)23-37-31(7,8)38-24-33)20-21-39-41(30(4,5)6,26-16-12-10-13-17-26)27-18-14-11-15-19-27/h10-19,25,36H,20-24H2,1-9H3/t25-,32+/m1/s1. The second-order valence-electron chi connectivity index (χ2n) is 14.2. The van der Waals surface area contributed by atoms with Gasteiger partial charge in [-0.25, -0.2) is 4.79 Å². The Morgan fingerprint density at radius 3 is 1.85 bits per heavy atom. The number of rotatable bonds is 6. The summed E-state index contributed by atoms with van der Waals surface area (Å²) >= 11 is 0.